The van der Waals surface area contributed by atoms with Crippen LogP contribution in [0.5, 0.6) is 23.0 Å². The number of benzene rings is 2. The summed E-state index contributed by atoms with van der Waals surface area (Å²) in [7, 11) is -0.653. The number of hydrogen-bond donors (Lipinski definition) is 0. The van der Waals surface area contributed by atoms with E-state index in [1.54, 1.807) is 24.3 Å². The smallest absolute Gasteiger partial charge is 0.306 e. The molecule has 1 aliphatic rings. The molecule has 0 spiro atoms. The second-order valence-corrected chi connectivity index (χ2v) is 7.04. The maximum Gasteiger partial charge on any atom is 0.306 e. The fourth-order valence-electron chi connectivity index (χ4n) is 2.56. The van der Waals surface area contributed by atoms with Crippen molar-refractivity contribution in [2.24, 2.45) is 0 Å². The third-order valence-corrected chi connectivity index (χ3v) is 4.10. The molecule has 1 aliphatic heterocycles. The number of carbonyl (C=O) groups is 1. The fraction of sp³-hybridized carbons (Fsp3) is 0.167. The first-order valence-electron chi connectivity index (χ1n) is 7.51. The van der Waals surface area contributed by atoms with E-state index in [-0.39, 0.29) is 23.0 Å². The Balaban J connectivity index is 1.97. The number of Topliss-reactive ketones (excluding diaryl/α,β-unsaturated/α-hetero) is 1. The van der Waals surface area contributed by atoms with Crippen LogP contribution in [0.1, 0.15) is 15.9 Å². The van der Waals surface area contributed by atoms with E-state index in [1.807, 2.05) is 0 Å². The number of fused-ring (bicyclic) bond motifs is 1. The first-order valence-corrected chi connectivity index (χ1v) is 9.33. The molecule has 0 fully saturated rings. The van der Waals surface area contributed by atoms with E-state index in [4.69, 9.17) is 18.4 Å². The number of ketones is 1. The van der Waals surface area contributed by atoms with Crippen LogP contribution < -0.4 is 18.4 Å². The van der Waals surface area contributed by atoms with Gasteiger partial charge in [-0.05, 0) is 24.3 Å². The topological polar surface area (TPSA) is 88.1 Å². The normalized spacial score (nSPS) is 14.7. The molecule has 0 saturated heterocycles. The van der Waals surface area contributed by atoms with Gasteiger partial charge in [-0.2, -0.15) is 8.42 Å². The van der Waals surface area contributed by atoms with Crippen LogP contribution in [0.3, 0.4) is 0 Å². The van der Waals surface area contributed by atoms with Crippen molar-refractivity contribution in [2.75, 3.05) is 20.5 Å². The molecule has 2 aromatic rings. The summed E-state index contributed by atoms with van der Waals surface area (Å²) in [4.78, 5) is 12.5. The highest BCUT2D eigenvalue weighted by Gasteiger charge is 2.28. The lowest BCUT2D eigenvalue weighted by Crippen LogP contribution is -2.05. The Morgan fingerprint density at radius 3 is 2.50 bits per heavy atom. The SMILES string of the molecule is COc1cccc(C=C2Oc3cc(OS(C)(=O)=O)ccc3C2=O)c1OC. The average Bonchev–Trinajstić information content (AvgIpc) is 2.88. The predicted molar refractivity (Wildman–Crippen MR) is 94.4 cm³/mol. The van der Waals surface area contributed by atoms with Crippen molar-refractivity contribution >= 4 is 22.0 Å². The Bertz CT molecular complexity index is 1010. The molecule has 0 bridgehead atoms. The molecule has 0 aliphatic carbocycles. The van der Waals surface area contributed by atoms with Gasteiger partial charge in [-0.25, -0.2) is 0 Å². The summed E-state index contributed by atoms with van der Waals surface area (Å²) in [5, 5.41) is 0. The summed E-state index contributed by atoms with van der Waals surface area (Å²) in [6, 6.07) is 9.47. The Labute approximate surface area is 150 Å². The third-order valence-electron chi connectivity index (χ3n) is 3.61. The Morgan fingerprint density at radius 2 is 1.85 bits per heavy atom. The number of methoxy groups -OCH3 is 2. The second kappa shape index (κ2) is 6.72. The summed E-state index contributed by atoms with van der Waals surface area (Å²) < 4.78 is 43.4. The largest absolute Gasteiger partial charge is 0.493 e. The average molecular weight is 376 g/mol. The van der Waals surface area contributed by atoms with Gasteiger partial charge in [-0.3, -0.25) is 4.79 Å². The molecule has 7 nitrogen and oxygen atoms in total. The number of rotatable bonds is 5. The summed E-state index contributed by atoms with van der Waals surface area (Å²) in [5.41, 5.74) is 0.926. The zero-order valence-electron chi connectivity index (χ0n) is 14.3. The summed E-state index contributed by atoms with van der Waals surface area (Å²) in [6.45, 7) is 0. The van der Waals surface area contributed by atoms with Gasteiger partial charge in [-0.1, -0.05) is 12.1 Å². The van der Waals surface area contributed by atoms with Crippen molar-refractivity contribution < 1.29 is 31.6 Å². The monoisotopic (exact) mass is 376 g/mol. The molecule has 26 heavy (non-hydrogen) atoms. The van der Waals surface area contributed by atoms with E-state index in [2.05, 4.69) is 0 Å². The molecule has 0 unspecified atom stereocenters. The second-order valence-electron chi connectivity index (χ2n) is 5.47. The van der Waals surface area contributed by atoms with Gasteiger partial charge in [0.1, 0.15) is 11.5 Å². The molecule has 0 saturated carbocycles. The van der Waals surface area contributed by atoms with Gasteiger partial charge in [0.25, 0.3) is 0 Å². The maximum absolute atomic E-state index is 12.5. The van der Waals surface area contributed by atoms with Crippen LogP contribution in [0.15, 0.2) is 42.2 Å². The number of para-hydroxylation sites is 1. The van der Waals surface area contributed by atoms with Crippen molar-refractivity contribution in [3.63, 3.8) is 0 Å². The van der Waals surface area contributed by atoms with E-state index in [0.29, 0.717) is 22.6 Å². The quantitative estimate of drug-likeness (QED) is 0.585. The Morgan fingerprint density at radius 1 is 1.08 bits per heavy atom. The van der Waals surface area contributed by atoms with Gasteiger partial charge in [0.2, 0.25) is 5.78 Å². The van der Waals surface area contributed by atoms with Crippen molar-refractivity contribution in [3.05, 3.63) is 53.3 Å². The molecule has 1 heterocycles. The first-order chi connectivity index (χ1) is 12.3. The minimum Gasteiger partial charge on any atom is -0.493 e. The highest BCUT2D eigenvalue weighted by atomic mass is 32.2. The lowest BCUT2D eigenvalue weighted by molar-refractivity contribution is 0.101. The molecule has 0 atom stereocenters. The van der Waals surface area contributed by atoms with E-state index in [1.165, 1.54) is 32.4 Å². The molecule has 3 rings (SSSR count). The van der Waals surface area contributed by atoms with Gasteiger partial charge in [0, 0.05) is 11.6 Å². The van der Waals surface area contributed by atoms with Crippen LogP contribution in [0.25, 0.3) is 6.08 Å². The molecule has 0 radical (unpaired) electrons. The maximum atomic E-state index is 12.5. The minimum atomic E-state index is -3.67. The van der Waals surface area contributed by atoms with E-state index < -0.39 is 10.1 Å². The summed E-state index contributed by atoms with van der Waals surface area (Å²) in [5.74, 6) is 1.05. The van der Waals surface area contributed by atoms with Crippen LogP contribution in [-0.2, 0) is 10.1 Å². The van der Waals surface area contributed by atoms with Gasteiger partial charge in [0.15, 0.2) is 17.3 Å². The molecule has 0 aromatic heterocycles. The van der Waals surface area contributed by atoms with Gasteiger partial charge < -0.3 is 18.4 Å². The van der Waals surface area contributed by atoms with Crippen molar-refractivity contribution in [1.82, 2.24) is 0 Å². The molecular formula is C18H16O7S. The summed E-state index contributed by atoms with van der Waals surface area (Å²) >= 11 is 0. The van der Waals surface area contributed by atoms with Crippen molar-refractivity contribution in [1.29, 1.82) is 0 Å². The zero-order valence-corrected chi connectivity index (χ0v) is 15.1. The van der Waals surface area contributed by atoms with E-state index >= 15 is 0 Å². The van der Waals surface area contributed by atoms with Gasteiger partial charge in [0.05, 0.1) is 26.0 Å². The summed E-state index contributed by atoms with van der Waals surface area (Å²) in [6.07, 6.45) is 2.48. The predicted octanol–water partition coefficient (Wildman–Crippen LogP) is 2.66. The van der Waals surface area contributed by atoms with Crippen LogP contribution >= 0.6 is 0 Å². The number of allylic oxidation sites excluding steroid dienone is 1. The highest BCUT2D eigenvalue weighted by Crippen LogP contribution is 2.37. The molecule has 136 valence electrons. The van der Waals surface area contributed by atoms with Gasteiger partial charge in [-0.15, -0.1) is 0 Å². The molecule has 8 heteroatoms. The number of carbonyl (C=O) groups excluding carboxylic acids is 1. The van der Waals surface area contributed by atoms with E-state index in [9.17, 15) is 13.2 Å². The lowest BCUT2D eigenvalue weighted by atomic mass is 10.1. The van der Waals surface area contributed by atoms with Crippen molar-refractivity contribution in [3.8, 4) is 23.0 Å². The van der Waals surface area contributed by atoms with Gasteiger partial charge >= 0.3 is 10.1 Å². The first kappa shape index (κ1) is 17.8. The number of hydrogen-bond acceptors (Lipinski definition) is 7. The lowest BCUT2D eigenvalue weighted by Gasteiger charge is -2.10. The van der Waals surface area contributed by atoms with Crippen LogP contribution in [0, 0.1) is 0 Å². The van der Waals surface area contributed by atoms with Crippen LogP contribution in [0.4, 0.5) is 0 Å². The molecular weight excluding hydrogens is 360 g/mol. The molecule has 2 aromatic carbocycles. The van der Waals surface area contributed by atoms with Crippen molar-refractivity contribution in [2.45, 2.75) is 0 Å². The third kappa shape index (κ3) is 3.50. The fourth-order valence-corrected chi connectivity index (χ4v) is 3.01. The standard InChI is InChI=1S/C18H16O7S/c1-22-14-6-4-5-11(18(14)23-2)9-16-17(19)13-8-7-12(10-15(13)24-16)25-26(3,20)21/h4-10H,1-3H3. The zero-order chi connectivity index (χ0) is 18.9. The van der Waals surface area contributed by atoms with E-state index in [0.717, 1.165) is 6.26 Å². The molecule has 0 N–H and O–H groups in total. The molecule has 0 amide bonds. The minimum absolute atomic E-state index is 0.0688. The highest BCUT2D eigenvalue weighted by molar-refractivity contribution is 7.86. The van der Waals surface area contributed by atoms with Crippen LogP contribution in [-0.4, -0.2) is 34.7 Å². The van der Waals surface area contributed by atoms with Crippen LogP contribution in [0.2, 0.25) is 0 Å². The Kier molecular flexibility index (Phi) is 4.60. The number of ether oxygens (including phenoxy) is 3. The Hall–Kier alpha value is -3.00.